The van der Waals surface area contributed by atoms with Gasteiger partial charge >= 0.3 is 0 Å². The van der Waals surface area contributed by atoms with Gasteiger partial charge in [0.1, 0.15) is 6.61 Å². The van der Waals surface area contributed by atoms with Crippen LogP contribution in [0.3, 0.4) is 0 Å². The molecule has 114 valence electrons. The molecule has 1 aromatic carbocycles. The number of ether oxygens (including phenoxy) is 2. The molecule has 0 fully saturated rings. The SMILES string of the molecule is CCc1ccc(OCCNCCc2ccsc2)c(OC)c1. The zero-order chi connectivity index (χ0) is 14.9. The number of nitrogens with one attached hydrogen (secondary N) is 1. The zero-order valence-electron chi connectivity index (χ0n) is 12.7. The first-order valence-corrected chi connectivity index (χ1v) is 8.29. The molecule has 2 aromatic rings. The smallest absolute Gasteiger partial charge is 0.161 e. The number of methoxy groups -OCH3 is 1. The van der Waals surface area contributed by atoms with Gasteiger partial charge in [0.2, 0.25) is 0 Å². The van der Waals surface area contributed by atoms with Crippen molar-refractivity contribution in [1.29, 1.82) is 0 Å². The number of benzene rings is 1. The third-order valence-electron chi connectivity index (χ3n) is 3.34. The zero-order valence-corrected chi connectivity index (χ0v) is 13.5. The van der Waals surface area contributed by atoms with E-state index in [4.69, 9.17) is 9.47 Å². The van der Waals surface area contributed by atoms with Crippen LogP contribution >= 0.6 is 11.3 Å². The van der Waals surface area contributed by atoms with Gasteiger partial charge in [-0.2, -0.15) is 11.3 Å². The summed E-state index contributed by atoms with van der Waals surface area (Å²) in [5, 5.41) is 7.70. The normalized spacial score (nSPS) is 10.6. The fraction of sp³-hybridized carbons (Fsp3) is 0.412. The maximum Gasteiger partial charge on any atom is 0.161 e. The fourth-order valence-corrected chi connectivity index (χ4v) is 2.78. The monoisotopic (exact) mass is 305 g/mol. The lowest BCUT2D eigenvalue weighted by Gasteiger charge is -2.12. The topological polar surface area (TPSA) is 30.5 Å². The molecule has 4 heteroatoms. The van der Waals surface area contributed by atoms with Gasteiger partial charge in [-0.1, -0.05) is 13.0 Å². The van der Waals surface area contributed by atoms with Crippen molar-refractivity contribution in [2.75, 3.05) is 26.8 Å². The summed E-state index contributed by atoms with van der Waals surface area (Å²) < 4.78 is 11.2. The Kier molecular flexibility index (Phi) is 6.57. The maximum atomic E-state index is 5.78. The molecule has 0 spiro atoms. The number of thiophene rings is 1. The molecule has 1 N–H and O–H groups in total. The second-order valence-corrected chi connectivity index (χ2v) is 5.60. The van der Waals surface area contributed by atoms with Crippen molar-refractivity contribution in [3.8, 4) is 11.5 Å². The molecule has 0 aliphatic carbocycles. The van der Waals surface area contributed by atoms with Gasteiger partial charge in [-0.05, 0) is 59.5 Å². The van der Waals surface area contributed by atoms with Crippen molar-refractivity contribution in [3.63, 3.8) is 0 Å². The quantitative estimate of drug-likeness (QED) is 0.719. The summed E-state index contributed by atoms with van der Waals surface area (Å²) in [6.07, 6.45) is 2.07. The van der Waals surface area contributed by atoms with Crippen LogP contribution in [0.1, 0.15) is 18.1 Å². The van der Waals surface area contributed by atoms with Gasteiger partial charge in [-0.15, -0.1) is 0 Å². The van der Waals surface area contributed by atoms with Crippen molar-refractivity contribution in [2.45, 2.75) is 19.8 Å². The Hall–Kier alpha value is -1.52. The molecule has 0 amide bonds. The second kappa shape index (κ2) is 8.70. The number of rotatable bonds is 9. The van der Waals surface area contributed by atoms with Gasteiger partial charge in [0.25, 0.3) is 0 Å². The van der Waals surface area contributed by atoms with E-state index in [-0.39, 0.29) is 0 Å². The van der Waals surface area contributed by atoms with E-state index in [9.17, 15) is 0 Å². The highest BCUT2D eigenvalue weighted by atomic mass is 32.1. The first-order chi connectivity index (χ1) is 10.3. The van der Waals surface area contributed by atoms with Crippen LogP contribution in [0, 0.1) is 0 Å². The van der Waals surface area contributed by atoms with Crippen molar-refractivity contribution in [3.05, 3.63) is 46.2 Å². The van der Waals surface area contributed by atoms with Gasteiger partial charge in [0, 0.05) is 6.54 Å². The van der Waals surface area contributed by atoms with Crippen molar-refractivity contribution in [2.24, 2.45) is 0 Å². The van der Waals surface area contributed by atoms with Crippen molar-refractivity contribution >= 4 is 11.3 Å². The minimum Gasteiger partial charge on any atom is -0.493 e. The molecular weight excluding hydrogens is 282 g/mol. The molecule has 21 heavy (non-hydrogen) atoms. The molecule has 1 heterocycles. The van der Waals surface area contributed by atoms with Gasteiger partial charge in [-0.3, -0.25) is 0 Å². The number of hydrogen-bond donors (Lipinski definition) is 1. The lowest BCUT2D eigenvalue weighted by Crippen LogP contribution is -2.23. The summed E-state index contributed by atoms with van der Waals surface area (Å²) in [4.78, 5) is 0. The largest absolute Gasteiger partial charge is 0.493 e. The molecule has 1 aromatic heterocycles. The molecule has 0 bridgehead atoms. The minimum absolute atomic E-state index is 0.644. The minimum atomic E-state index is 0.644. The van der Waals surface area contributed by atoms with E-state index in [1.165, 1.54) is 11.1 Å². The molecular formula is C17H23NO2S. The molecule has 2 rings (SSSR count). The molecule has 0 atom stereocenters. The third-order valence-corrected chi connectivity index (χ3v) is 4.08. The summed E-state index contributed by atoms with van der Waals surface area (Å²) >= 11 is 1.75. The fourth-order valence-electron chi connectivity index (χ4n) is 2.08. The van der Waals surface area contributed by atoms with E-state index >= 15 is 0 Å². The van der Waals surface area contributed by atoms with Gasteiger partial charge in [0.05, 0.1) is 7.11 Å². The van der Waals surface area contributed by atoms with Crippen LogP contribution in [-0.4, -0.2) is 26.8 Å². The van der Waals surface area contributed by atoms with Gasteiger partial charge in [-0.25, -0.2) is 0 Å². The Labute approximate surface area is 130 Å². The molecule has 0 saturated heterocycles. The van der Waals surface area contributed by atoms with Crippen LogP contribution in [0.2, 0.25) is 0 Å². The Bertz CT molecular complexity index is 526. The number of hydrogen-bond acceptors (Lipinski definition) is 4. The first-order valence-electron chi connectivity index (χ1n) is 7.35. The molecule has 0 radical (unpaired) electrons. The first kappa shape index (κ1) is 15.9. The standard InChI is InChI=1S/C17H23NO2S/c1-3-14-4-5-16(17(12-14)19-2)20-10-9-18-8-6-15-7-11-21-13-15/h4-5,7,11-13,18H,3,6,8-10H2,1-2H3. The van der Waals surface area contributed by atoms with Crippen LogP contribution < -0.4 is 14.8 Å². The predicted molar refractivity (Wildman–Crippen MR) is 88.8 cm³/mol. The summed E-state index contributed by atoms with van der Waals surface area (Å²) in [6.45, 7) is 4.59. The summed E-state index contributed by atoms with van der Waals surface area (Å²) in [6, 6.07) is 8.28. The van der Waals surface area contributed by atoms with Crippen molar-refractivity contribution in [1.82, 2.24) is 5.32 Å². The molecule has 0 aliphatic heterocycles. The Balaban J connectivity index is 1.68. The average molecular weight is 305 g/mol. The van der Waals surface area contributed by atoms with Crippen LogP contribution in [0.25, 0.3) is 0 Å². The molecule has 3 nitrogen and oxygen atoms in total. The van der Waals surface area contributed by atoms with Crippen LogP contribution in [0.5, 0.6) is 11.5 Å². The summed E-state index contributed by atoms with van der Waals surface area (Å²) in [5.41, 5.74) is 2.65. The van der Waals surface area contributed by atoms with E-state index in [2.05, 4.69) is 35.1 Å². The van der Waals surface area contributed by atoms with Gasteiger partial charge in [0.15, 0.2) is 11.5 Å². The van der Waals surface area contributed by atoms with E-state index in [0.717, 1.165) is 37.4 Å². The predicted octanol–water partition coefficient (Wildman–Crippen LogP) is 3.53. The van der Waals surface area contributed by atoms with Crippen molar-refractivity contribution < 1.29 is 9.47 Å². The Morgan fingerprint density at radius 1 is 1.10 bits per heavy atom. The Morgan fingerprint density at radius 3 is 2.71 bits per heavy atom. The second-order valence-electron chi connectivity index (χ2n) is 4.82. The lowest BCUT2D eigenvalue weighted by atomic mass is 10.1. The lowest BCUT2D eigenvalue weighted by molar-refractivity contribution is 0.292. The average Bonchev–Trinajstić information content (AvgIpc) is 3.04. The maximum absolute atomic E-state index is 5.78. The molecule has 0 aliphatic rings. The third kappa shape index (κ3) is 5.06. The van der Waals surface area contributed by atoms with Gasteiger partial charge < -0.3 is 14.8 Å². The number of aryl methyl sites for hydroxylation is 1. The van der Waals surface area contributed by atoms with Crippen LogP contribution in [-0.2, 0) is 12.8 Å². The molecule has 0 unspecified atom stereocenters. The van der Waals surface area contributed by atoms with E-state index < -0.39 is 0 Å². The Morgan fingerprint density at radius 2 is 2.00 bits per heavy atom. The summed E-state index contributed by atoms with van der Waals surface area (Å²) in [5.74, 6) is 1.63. The van der Waals surface area contributed by atoms with Crippen LogP contribution in [0.15, 0.2) is 35.0 Å². The van der Waals surface area contributed by atoms with E-state index in [1.54, 1.807) is 18.4 Å². The molecule has 0 saturated carbocycles. The highest BCUT2D eigenvalue weighted by molar-refractivity contribution is 7.07. The van der Waals surface area contributed by atoms with Crippen LogP contribution in [0.4, 0.5) is 0 Å². The van der Waals surface area contributed by atoms with E-state index in [1.807, 2.05) is 12.1 Å². The highest BCUT2D eigenvalue weighted by Crippen LogP contribution is 2.28. The van der Waals surface area contributed by atoms with E-state index in [0.29, 0.717) is 6.61 Å². The summed E-state index contributed by atoms with van der Waals surface area (Å²) in [7, 11) is 1.68. The highest BCUT2D eigenvalue weighted by Gasteiger charge is 2.04.